The maximum absolute atomic E-state index is 5.72. The molecule has 256 valence electrons. The molecule has 2 aliphatic rings. The molecule has 0 atom stereocenters. The highest BCUT2D eigenvalue weighted by atomic mass is 32.2. The van der Waals surface area contributed by atoms with Crippen molar-refractivity contribution in [2.45, 2.75) is 15.2 Å². The van der Waals surface area contributed by atoms with Crippen molar-refractivity contribution in [3.63, 3.8) is 0 Å². The second-order valence-corrected chi connectivity index (χ2v) is 16.5. The first-order chi connectivity index (χ1) is 27.3. The van der Waals surface area contributed by atoms with Crippen LogP contribution in [0, 0.1) is 0 Å². The molecule has 8 aromatic carbocycles. The first kappa shape index (κ1) is 31.1. The molecule has 2 aromatic heterocycles. The van der Waals surface area contributed by atoms with Gasteiger partial charge in [-0.15, -0.1) is 11.3 Å². The SMILES string of the molecule is c1cc(-c2nc(-c3ccc4ccccc4c3)nc3c2Sc2ccccc2C32c3ccccc3-c3ccccc32)cc(-c2cccc3c2sc2ccccc23)c1. The maximum atomic E-state index is 5.72. The van der Waals surface area contributed by atoms with Crippen LogP contribution in [0.4, 0.5) is 0 Å². The zero-order valence-corrected chi connectivity index (χ0v) is 31.2. The second kappa shape index (κ2) is 11.8. The minimum Gasteiger partial charge on any atom is -0.230 e. The van der Waals surface area contributed by atoms with E-state index in [1.165, 1.54) is 74.8 Å². The van der Waals surface area contributed by atoms with Gasteiger partial charge in [0.05, 0.1) is 21.7 Å². The summed E-state index contributed by atoms with van der Waals surface area (Å²) in [6.45, 7) is 0. The molecule has 55 heavy (non-hydrogen) atoms. The van der Waals surface area contributed by atoms with Gasteiger partial charge in [0.2, 0.25) is 0 Å². The van der Waals surface area contributed by atoms with E-state index in [2.05, 4.69) is 182 Å². The number of thiophene rings is 1. The molecule has 0 fully saturated rings. The van der Waals surface area contributed by atoms with E-state index in [4.69, 9.17) is 9.97 Å². The monoisotopic (exact) mass is 734 g/mol. The number of rotatable bonds is 3. The molecule has 1 aliphatic carbocycles. The van der Waals surface area contributed by atoms with Crippen LogP contribution in [0.2, 0.25) is 0 Å². The van der Waals surface area contributed by atoms with Gasteiger partial charge < -0.3 is 0 Å². The topological polar surface area (TPSA) is 25.8 Å². The third kappa shape index (κ3) is 4.44. The van der Waals surface area contributed by atoms with Crippen LogP contribution in [0.5, 0.6) is 0 Å². The number of aromatic nitrogens is 2. The first-order valence-corrected chi connectivity index (χ1v) is 20.3. The maximum Gasteiger partial charge on any atom is 0.160 e. The minimum atomic E-state index is -0.617. The van der Waals surface area contributed by atoms with Gasteiger partial charge in [-0.3, -0.25) is 0 Å². The van der Waals surface area contributed by atoms with Crippen molar-refractivity contribution in [1.82, 2.24) is 9.97 Å². The number of benzene rings is 8. The molecule has 0 unspecified atom stereocenters. The van der Waals surface area contributed by atoms with Gasteiger partial charge in [-0.05, 0) is 74.0 Å². The lowest BCUT2D eigenvalue weighted by Gasteiger charge is -2.39. The Morgan fingerprint density at radius 2 is 1.09 bits per heavy atom. The van der Waals surface area contributed by atoms with Crippen LogP contribution in [0.3, 0.4) is 0 Å². The Labute approximate surface area is 326 Å². The molecule has 0 bridgehead atoms. The van der Waals surface area contributed by atoms with Gasteiger partial charge in [0.1, 0.15) is 0 Å². The van der Waals surface area contributed by atoms with Gasteiger partial charge in [-0.1, -0.05) is 169 Å². The summed E-state index contributed by atoms with van der Waals surface area (Å²) in [5.74, 6) is 0.734. The Hall–Kier alpha value is -6.33. The summed E-state index contributed by atoms with van der Waals surface area (Å²) < 4.78 is 2.62. The Bertz CT molecular complexity index is 3170. The summed E-state index contributed by atoms with van der Waals surface area (Å²) >= 11 is 3.68. The van der Waals surface area contributed by atoms with Gasteiger partial charge in [0.25, 0.3) is 0 Å². The van der Waals surface area contributed by atoms with Gasteiger partial charge in [-0.25, -0.2) is 9.97 Å². The molecule has 1 aliphatic heterocycles. The lowest BCUT2D eigenvalue weighted by molar-refractivity contribution is 0.686. The van der Waals surface area contributed by atoms with Gasteiger partial charge in [0, 0.05) is 36.2 Å². The van der Waals surface area contributed by atoms with E-state index < -0.39 is 5.41 Å². The molecule has 0 N–H and O–H groups in total. The summed E-state index contributed by atoms with van der Waals surface area (Å²) in [6, 6.07) is 66.4. The Morgan fingerprint density at radius 1 is 0.436 bits per heavy atom. The van der Waals surface area contributed by atoms with E-state index in [0.717, 1.165) is 33.2 Å². The van der Waals surface area contributed by atoms with Crippen LogP contribution >= 0.6 is 23.1 Å². The predicted molar refractivity (Wildman–Crippen MR) is 230 cm³/mol. The fourth-order valence-corrected chi connectivity index (χ4v) is 11.6. The highest BCUT2D eigenvalue weighted by molar-refractivity contribution is 7.99. The van der Waals surface area contributed by atoms with Crippen molar-refractivity contribution in [3.8, 4) is 44.9 Å². The average Bonchev–Trinajstić information content (AvgIpc) is 3.78. The summed E-state index contributed by atoms with van der Waals surface area (Å²) in [6.07, 6.45) is 0. The van der Waals surface area contributed by atoms with Crippen LogP contribution in [-0.2, 0) is 5.41 Å². The molecule has 0 amide bonds. The van der Waals surface area contributed by atoms with E-state index in [1.54, 1.807) is 11.8 Å². The van der Waals surface area contributed by atoms with Crippen LogP contribution in [-0.4, -0.2) is 9.97 Å². The Kier molecular flexibility index (Phi) is 6.68. The minimum absolute atomic E-state index is 0.617. The van der Waals surface area contributed by atoms with E-state index >= 15 is 0 Å². The van der Waals surface area contributed by atoms with Gasteiger partial charge in [-0.2, -0.15) is 0 Å². The summed E-state index contributed by atoms with van der Waals surface area (Å²) in [5.41, 5.74) is 12.2. The molecule has 0 saturated carbocycles. The Balaban J connectivity index is 1.17. The molecule has 0 saturated heterocycles. The molecular formula is C51H30N2S2. The third-order valence-corrected chi connectivity index (χ3v) is 13.9. The van der Waals surface area contributed by atoms with Crippen LogP contribution in [0.15, 0.2) is 192 Å². The summed E-state index contributed by atoms with van der Waals surface area (Å²) in [4.78, 5) is 13.6. The predicted octanol–water partition coefficient (Wildman–Crippen LogP) is 13.8. The zero-order valence-electron chi connectivity index (χ0n) is 29.5. The number of nitrogens with zero attached hydrogens (tertiary/aromatic N) is 2. The van der Waals surface area contributed by atoms with Crippen molar-refractivity contribution in [2.75, 3.05) is 0 Å². The fourth-order valence-electron chi connectivity index (χ4n) is 9.15. The van der Waals surface area contributed by atoms with Crippen LogP contribution < -0.4 is 0 Å². The smallest absolute Gasteiger partial charge is 0.160 e. The molecule has 1 spiro atoms. The van der Waals surface area contributed by atoms with Gasteiger partial charge in [0.15, 0.2) is 5.82 Å². The second-order valence-electron chi connectivity index (χ2n) is 14.4. The Morgan fingerprint density at radius 3 is 1.95 bits per heavy atom. The van der Waals surface area contributed by atoms with Crippen molar-refractivity contribution in [2.24, 2.45) is 0 Å². The van der Waals surface area contributed by atoms with E-state index in [9.17, 15) is 0 Å². The molecule has 4 heteroatoms. The first-order valence-electron chi connectivity index (χ1n) is 18.7. The standard InChI is InChI=1S/C51H30N2S2/c1-2-14-32-29-35(28-27-31(32)13-1)50-52-46(34-16-11-15-33(30-34)36-20-12-21-40-39-19-5-9-25-44(39)54-47(36)40)48-49(53-50)51(43-24-8-10-26-45(43)55-48)41-22-6-3-17-37(41)38-18-4-7-23-42(38)51/h1-30H. The zero-order chi connectivity index (χ0) is 36.1. The molecule has 0 radical (unpaired) electrons. The summed E-state index contributed by atoms with van der Waals surface area (Å²) in [7, 11) is 0. The highest BCUT2D eigenvalue weighted by Gasteiger charge is 2.52. The number of hydrogen-bond acceptors (Lipinski definition) is 4. The molecule has 3 heterocycles. The van der Waals surface area contributed by atoms with E-state index in [1.807, 2.05) is 11.3 Å². The van der Waals surface area contributed by atoms with Crippen molar-refractivity contribution >= 4 is 54.0 Å². The molecule has 10 aromatic rings. The number of hydrogen-bond donors (Lipinski definition) is 0. The quantitative estimate of drug-likeness (QED) is 0.181. The van der Waals surface area contributed by atoms with Crippen molar-refractivity contribution < 1.29 is 0 Å². The molecule has 12 rings (SSSR count). The third-order valence-electron chi connectivity index (χ3n) is 11.5. The molecular weight excluding hydrogens is 705 g/mol. The number of fused-ring (bicyclic) bond motifs is 13. The van der Waals surface area contributed by atoms with Crippen molar-refractivity contribution in [1.29, 1.82) is 0 Å². The molecule has 2 nitrogen and oxygen atoms in total. The lowest BCUT2D eigenvalue weighted by Crippen LogP contribution is -2.33. The van der Waals surface area contributed by atoms with Crippen LogP contribution in [0.25, 0.3) is 75.8 Å². The van der Waals surface area contributed by atoms with Gasteiger partial charge >= 0.3 is 0 Å². The van der Waals surface area contributed by atoms with E-state index in [-0.39, 0.29) is 0 Å². The lowest BCUT2D eigenvalue weighted by atomic mass is 9.69. The van der Waals surface area contributed by atoms with Crippen LogP contribution in [0.1, 0.15) is 22.4 Å². The van der Waals surface area contributed by atoms with Crippen molar-refractivity contribution in [3.05, 3.63) is 204 Å². The summed E-state index contributed by atoms with van der Waals surface area (Å²) in [5, 5.41) is 4.98. The highest BCUT2D eigenvalue weighted by Crippen LogP contribution is 2.62. The fraction of sp³-hybridized carbons (Fsp3) is 0.0196. The average molecular weight is 735 g/mol. The largest absolute Gasteiger partial charge is 0.230 e. The normalized spacial score (nSPS) is 13.5. The van der Waals surface area contributed by atoms with E-state index in [0.29, 0.717) is 0 Å².